The minimum Gasteiger partial charge on any atom is -0.387 e. The molecule has 2 aromatic rings. The van der Waals surface area contributed by atoms with Crippen LogP contribution in [0.25, 0.3) is 0 Å². The molecule has 6 nitrogen and oxygen atoms in total. The summed E-state index contributed by atoms with van der Waals surface area (Å²) in [6.45, 7) is 1.30. The van der Waals surface area contributed by atoms with E-state index in [0.29, 0.717) is 13.0 Å². The van der Waals surface area contributed by atoms with E-state index in [1.807, 2.05) is 54.6 Å². The Morgan fingerprint density at radius 2 is 1.96 bits per heavy atom. The van der Waals surface area contributed by atoms with Gasteiger partial charge in [0.15, 0.2) is 0 Å². The lowest BCUT2D eigenvalue weighted by atomic mass is 10.1. The summed E-state index contributed by atoms with van der Waals surface area (Å²) in [6, 6.07) is 17.7. The third-order valence-electron chi connectivity index (χ3n) is 4.66. The van der Waals surface area contributed by atoms with Crippen LogP contribution in [-0.4, -0.2) is 41.4 Å². The van der Waals surface area contributed by atoms with Crippen LogP contribution in [-0.2, 0) is 11.2 Å². The zero-order valence-corrected chi connectivity index (χ0v) is 16.6. The molecule has 1 saturated heterocycles. The Bertz CT molecular complexity index is 742. The maximum absolute atomic E-state index is 12.1. The SMILES string of the molecule is NC1NC(CC(=O)Nc2ccc(CCNC[C@H](O)c3ccccc3)cc2)CS1. The number of anilines is 1. The van der Waals surface area contributed by atoms with Crippen molar-refractivity contribution in [3.63, 3.8) is 0 Å². The molecule has 28 heavy (non-hydrogen) atoms. The van der Waals surface area contributed by atoms with Crippen LogP contribution < -0.4 is 21.7 Å². The number of nitrogens with one attached hydrogen (secondary N) is 3. The summed E-state index contributed by atoms with van der Waals surface area (Å²) < 4.78 is 0. The van der Waals surface area contributed by atoms with Gasteiger partial charge in [-0.05, 0) is 36.2 Å². The van der Waals surface area contributed by atoms with Crippen molar-refractivity contribution < 1.29 is 9.90 Å². The van der Waals surface area contributed by atoms with Gasteiger partial charge in [0, 0.05) is 30.4 Å². The smallest absolute Gasteiger partial charge is 0.225 e. The Labute approximate surface area is 170 Å². The molecule has 0 radical (unpaired) electrons. The maximum atomic E-state index is 12.1. The first-order valence-electron chi connectivity index (χ1n) is 9.56. The fourth-order valence-electron chi connectivity index (χ4n) is 3.12. The molecule has 1 amide bonds. The average molecular weight is 401 g/mol. The molecule has 150 valence electrons. The predicted molar refractivity (Wildman–Crippen MR) is 115 cm³/mol. The highest BCUT2D eigenvalue weighted by Gasteiger charge is 2.23. The first kappa shape index (κ1) is 20.8. The monoisotopic (exact) mass is 400 g/mol. The molecular formula is C21H28N4O2S. The van der Waals surface area contributed by atoms with Crippen LogP contribution in [0.2, 0.25) is 0 Å². The summed E-state index contributed by atoms with van der Waals surface area (Å²) >= 11 is 1.63. The molecule has 3 rings (SSSR count). The zero-order valence-electron chi connectivity index (χ0n) is 15.8. The molecular weight excluding hydrogens is 372 g/mol. The Morgan fingerprint density at radius 1 is 1.21 bits per heavy atom. The fraction of sp³-hybridized carbons (Fsp3) is 0.381. The number of nitrogens with two attached hydrogens (primary N) is 1. The van der Waals surface area contributed by atoms with E-state index in [2.05, 4.69) is 16.0 Å². The molecule has 0 aromatic heterocycles. The Hall–Kier alpha value is -1.90. The lowest BCUT2D eigenvalue weighted by molar-refractivity contribution is -0.116. The fourth-order valence-corrected chi connectivity index (χ4v) is 4.06. The molecule has 1 fully saturated rings. The van der Waals surface area contributed by atoms with E-state index in [0.717, 1.165) is 30.0 Å². The lowest BCUT2D eigenvalue weighted by Gasteiger charge is -2.13. The van der Waals surface area contributed by atoms with Crippen molar-refractivity contribution in [1.29, 1.82) is 0 Å². The first-order chi connectivity index (χ1) is 13.6. The molecule has 1 aliphatic heterocycles. The van der Waals surface area contributed by atoms with Gasteiger partial charge in [0.05, 0.1) is 6.10 Å². The van der Waals surface area contributed by atoms with E-state index < -0.39 is 6.10 Å². The number of aliphatic hydroxyl groups is 1. The van der Waals surface area contributed by atoms with Crippen molar-refractivity contribution >= 4 is 23.4 Å². The number of benzene rings is 2. The normalized spacial score (nSPS) is 20.1. The minimum atomic E-state index is -0.499. The van der Waals surface area contributed by atoms with E-state index in [1.54, 1.807) is 11.8 Å². The van der Waals surface area contributed by atoms with Gasteiger partial charge in [-0.2, -0.15) is 0 Å². The molecule has 2 aromatic carbocycles. The Kier molecular flexibility index (Phi) is 7.88. The summed E-state index contributed by atoms with van der Waals surface area (Å²) in [5, 5.41) is 19.5. The highest BCUT2D eigenvalue weighted by molar-refractivity contribution is 8.00. The summed E-state index contributed by atoms with van der Waals surface area (Å²) in [6.07, 6.45) is 0.786. The molecule has 6 N–H and O–H groups in total. The van der Waals surface area contributed by atoms with Crippen molar-refractivity contribution in [2.45, 2.75) is 30.5 Å². The highest BCUT2D eigenvalue weighted by Crippen LogP contribution is 2.17. The van der Waals surface area contributed by atoms with Crippen molar-refractivity contribution in [1.82, 2.24) is 10.6 Å². The number of amides is 1. The average Bonchev–Trinajstić information content (AvgIpc) is 3.11. The van der Waals surface area contributed by atoms with Crippen LogP contribution in [0, 0.1) is 0 Å². The summed E-state index contributed by atoms with van der Waals surface area (Å²) in [7, 11) is 0. The van der Waals surface area contributed by atoms with Crippen molar-refractivity contribution in [2.24, 2.45) is 5.73 Å². The second-order valence-electron chi connectivity index (χ2n) is 6.95. The molecule has 7 heteroatoms. The van der Waals surface area contributed by atoms with Gasteiger partial charge in [-0.1, -0.05) is 42.5 Å². The molecule has 0 spiro atoms. The standard InChI is InChI=1S/C21H28N4O2S/c22-21-25-18(14-28-21)12-20(27)24-17-8-6-15(7-9-17)10-11-23-13-19(26)16-4-2-1-3-5-16/h1-9,18-19,21,23,25-26H,10-14,22H2,(H,24,27)/t18?,19-,21?/m0/s1. The highest BCUT2D eigenvalue weighted by atomic mass is 32.2. The van der Waals surface area contributed by atoms with Gasteiger partial charge in [0.1, 0.15) is 5.50 Å². The van der Waals surface area contributed by atoms with Gasteiger partial charge in [-0.25, -0.2) is 0 Å². The molecule has 1 heterocycles. The largest absolute Gasteiger partial charge is 0.387 e. The maximum Gasteiger partial charge on any atom is 0.225 e. The van der Waals surface area contributed by atoms with Crippen LogP contribution in [0.1, 0.15) is 23.7 Å². The van der Waals surface area contributed by atoms with Crippen LogP contribution in [0.15, 0.2) is 54.6 Å². The second kappa shape index (κ2) is 10.6. The lowest BCUT2D eigenvalue weighted by Crippen LogP contribution is -2.37. The van der Waals surface area contributed by atoms with Gasteiger partial charge in [-0.3, -0.25) is 10.1 Å². The number of rotatable bonds is 9. The van der Waals surface area contributed by atoms with Crippen LogP contribution in [0.5, 0.6) is 0 Å². The second-order valence-corrected chi connectivity index (χ2v) is 8.12. The number of thioether (sulfide) groups is 1. The minimum absolute atomic E-state index is 0.00323. The van der Waals surface area contributed by atoms with Gasteiger partial charge >= 0.3 is 0 Å². The van der Waals surface area contributed by atoms with E-state index in [-0.39, 0.29) is 17.4 Å². The van der Waals surface area contributed by atoms with Gasteiger partial charge in [0.25, 0.3) is 0 Å². The Balaban J connectivity index is 1.35. The van der Waals surface area contributed by atoms with Crippen LogP contribution in [0.3, 0.4) is 0 Å². The summed E-state index contributed by atoms with van der Waals surface area (Å²) in [5.41, 5.74) is 8.60. The molecule has 0 aliphatic carbocycles. The quantitative estimate of drug-likeness (QED) is 0.412. The van der Waals surface area contributed by atoms with Crippen molar-refractivity contribution in [3.8, 4) is 0 Å². The number of carbonyl (C=O) groups is 1. The van der Waals surface area contributed by atoms with Crippen LogP contribution in [0.4, 0.5) is 5.69 Å². The van der Waals surface area contributed by atoms with E-state index in [4.69, 9.17) is 5.73 Å². The summed E-state index contributed by atoms with van der Waals surface area (Å²) in [5.74, 6) is 0.857. The van der Waals surface area contributed by atoms with Gasteiger partial charge in [0.2, 0.25) is 5.91 Å². The molecule has 2 unspecified atom stereocenters. The molecule has 3 atom stereocenters. The number of carbonyl (C=O) groups excluding carboxylic acids is 1. The van der Waals surface area contributed by atoms with Gasteiger partial charge in [-0.15, -0.1) is 11.8 Å². The third kappa shape index (κ3) is 6.61. The number of hydrogen-bond donors (Lipinski definition) is 5. The zero-order chi connectivity index (χ0) is 19.8. The van der Waals surface area contributed by atoms with Gasteiger partial charge < -0.3 is 21.5 Å². The molecule has 0 saturated carbocycles. The number of hydrogen-bond acceptors (Lipinski definition) is 6. The topological polar surface area (TPSA) is 99.4 Å². The molecule has 1 aliphatic rings. The van der Waals surface area contributed by atoms with Crippen molar-refractivity contribution in [3.05, 3.63) is 65.7 Å². The predicted octanol–water partition coefficient (Wildman–Crippen LogP) is 1.83. The third-order valence-corrected chi connectivity index (χ3v) is 5.75. The number of aliphatic hydroxyl groups excluding tert-OH is 1. The van der Waals surface area contributed by atoms with E-state index >= 15 is 0 Å². The van der Waals surface area contributed by atoms with E-state index in [1.165, 1.54) is 5.56 Å². The molecule has 0 bridgehead atoms. The Morgan fingerprint density at radius 3 is 2.64 bits per heavy atom. The van der Waals surface area contributed by atoms with Crippen molar-refractivity contribution in [2.75, 3.05) is 24.2 Å². The van der Waals surface area contributed by atoms with Crippen LogP contribution >= 0.6 is 11.8 Å². The summed E-state index contributed by atoms with van der Waals surface area (Å²) in [4.78, 5) is 12.1. The first-order valence-corrected chi connectivity index (χ1v) is 10.6. The van der Waals surface area contributed by atoms with E-state index in [9.17, 15) is 9.90 Å².